The molecule has 1 aliphatic heterocycles. The fourth-order valence-corrected chi connectivity index (χ4v) is 1.88. The maximum absolute atomic E-state index is 4.46. The van der Waals surface area contributed by atoms with Gasteiger partial charge in [-0.25, -0.2) is 9.97 Å². The predicted octanol–water partition coefficient (Wildman–Crippen LogP) is 2.54. The lowest BCUT2D eigenvalue weighted by Gasteiger charge is -2.26. The molecule has 0 unspecified atom stereocenters. The van der Waals surface area contributed by atoms with Crippen LogP contribution in [-0.2, 0) is 0 Å². The molecule has 0 bridgehead atoms. The van der Waals surface area contributed by atoms with Crippen molar-refractivity contribution in [1.29, 1.82) is 0 Å². The first kappa shape index (κ1) is 9.90. The van der Waals surface area contributed by atoms with Crippen molar-refractivity contribution in [1.82, 2.24) is 9.97 Å². The lowest BCUT2D eigenvalue weighted by Crippen LogP contribution is -2.31. The third kappa shape index (κ3) is 2.05. The number of aromatic nitrogens is 2. The van der Waals surface area contributed by atoms with Gasteiger partial charge in [-0.15, -0.1) is 0 Å². The van der Waals surface area contributed by atoms with Gasteiger partial charge in [-0.1, -0.05) is 0 Å². The molecule has 0 N–H and O–H groups in total. The van der Waals surface area contributed by atoms with Crippen molar-refractivity contribution < 1.29 is 0 Å². The van der Waals surface area contributed by atoms with E-state index in [4.69, 9.17) is 0 Å². The van der Waals surface area contributed by atoms with Gasteiger partial charge in [0.15, 0.2) is 0 Å². The Morgan fingerprint density at radius 2 is 2.00 bits per heavy atom. The van der Waals surface area contributed by atoms with Gasteiger partial charge in [0.05, 0.1) is 10.2 Å². The molecular weight excluding hydrogens is 242 g/mol. The molecule has 0 atom stereocenters. The fraction of sp³-hybridized carbons (Fsp3) is 0.600. The largest absolute Gasteiger partial charge is 0.341 e. The molecule has 0 saturated carbocycles. The number of halogens is 1. The summed E-state index contributed by atoms with van der Waals surface area (Å²) in [5.74, 6) is 0.880. The Labute approximate surface area is 92.7 Å². The smallest absolute Gasteiger partial charge is 0.225 e. The third-order valence-electron chi connectivity index (χ3n) is 2.55. The number of anilines is 1. The van der Waals surface area contributed by atoms with Gasteiger partial charge in [0.2, 0.25) is 5.95 Å². The second kappa shape index (κ2) is 4.26. The average Bonchev–Trinajstić information content (AvgIpc) is 2.23. The van der Waals surface area contributed by atoms with Crippen molar-refractivity contribution in [2.75, 3.05) is 18.0 Å². The molecule has 0 spiro atoms. The van der Waals surface area contributed by atoms with E-state index in [1.165, 1.54) is 19.3 Å². The van der Waals surface area contributed by atoms with Crippen LogP contribution in [0, 0.1) is 6.92 Å². The Morgan fingerprint density at radius 1 is 1.29 bits per heavy atom. The monoisotopic (exact) mass is 255 g/mol. The van der Waals surface area contributed by atoms with Gasteiger partial charge in [0.25, 0.3) is 0 Å². The Bertz CT molecular complexity index is 321. The van der Waals surface area contributed by atoms with E-state index >= 15 is 0 Å². The van der Waals surface area contributed by atoms with Gasteiger partial charge in [0, 0.05) is 19.3 Å². The molecular formula is C10H14BrN3. The highest BCUT2D eigenvalue weighted by molar-refractivity contribution is 9.10. The highest BCUT2D eigenvalue weighted by Crippen LogP contribution is 2.18. The minimum Gasteiger partial charge on any atom is -0.341 e. The second-order valence-electron chi connectivity index (χ2n) is 3.65. The highest BCUT2D eigenvalue weighted by Gasteiger charge is 2.13. The molecule has 1 fully saturated rings. The molecule has 3 nitrogen and oxygen atoms in total. The van der Waals surface area contributed by atoms with Crippen molar-refractivity contribution in [3.63, 3.8) is 0 Å². The number of hydrogen-bond acceptors (Lipinski definition) is 3. The molecule has 1 aromatic heterocycles. The first-order chi connectivity index (χ1) is 6.77. The van der Waals surface area contributed by atoms with Crippen LogP contribution in [0.25, 0.3) is 0 Å². The van der Waals surface area contributed by atoms with Crippen LogP contribution in [0.3, 0.4) is 0 Å². The molecule has 0 amide bonds. The zero-order valence-corrected chi connectivity index (χ0v) is 9.92. The van der Waals surface area contributed by atoms with E-state index < -0.39 is 0 Å². The molecule has 2 rings (SSSR count). The number of hydrogen-bond donors (Lipinski definition) is 0. The van der Waals surface area contributed by atoms with E-state index in [0.717, 1.165) is 29.2 Å². The minimum absolute atomic E-state index is 0.880. The van der Waals surface area contributed by atoms with Crippen molar-refractivity contribution in [2.24, 2.45) is 0 Å². The van der Waals surface area contributed by atoms with Gasteiger partial charge in [-0.3, -0.25) is 0 Å². The van der Waals surface area contributed by atoms with Gasteiger partial charge in [-0.05, 0) is 42.1 Å². The second-order valence-corrected chi connectivity index (χ2v) is 4.51. The molecule has 4 heteroatoms. The van der Waals surface area contributed by atoms with Crippen LogP contribution in [0.1, 0.15) is 25.0 Å². The molecule has 1 aliphatic rings. The van der Waals surface area contributed by atoms with Crippen molar-refractivity contribution >= 4 is 21.9 Å². The van der Waals surface area contributed by atoms with Crippen LogP contribution >= 0.6 is 15.9 Å². The van der Waals surface area contributed by atoms with Crippen LogP contribution in [0.4, 0.5) is 5.95 Å². The van der Waals surface area contributed by atoms with E-state index in [9.17, 15) is 0 Å². The van der Waals surface area contributed by atoms with Gasteiger partial charge in [-0.2, -0.15) is 0 Å². The summed E-state index contributed by atoms with van der Waals surface area (Å²) in [6.07, 6.45) is 5.70. The summed E-state index contributed by atoms with van der Waals surface area (Å²) in [5.41, 5.74) is 1.01. The van der Waals surface area contributed by atoms with E-state index in [1.807, 2.05) is 13.1 Å². The molecule has 0 radical (unpaired) electrons. The molecule has 0 aliphatic carbocycles. The lowest BCUT2D eigenvalue weighted by atomic mass is 10.1. The standard InChI is InChI=1S/C10H14BrN3/c1-8-9(11)7-12-10(13-8)14-5-3-2-4-6-14/h7H,2-6H2,1H3. The Morgan fingerprint density at radius 3 is 2.64 bits per heavy atom. The van der Waals surface area contributed by atoms with Crippen LogP contribution in [0.15, 0.2) is 10.7 Å². The zero-order valence-electron chi connectivity index (χ0n) is 8.33. The molecule has 1 aromatic rings. The van der Waals surface area contributed by atoms with Crippen LogP contribution in [-0.4, -0.2) is 23.1 Å². The van der Waals surface area contributed by atoms with Gasteiger partial charge in [0.1, 0.15) is 0 Å². The molecule has 14 heavy (non-hydrogen) atoms. The predicted molar refractivity (Wildman–Crippen MR) is 60.5 cm³/mol. The van der Waals surface area contributed by atoms with Crippen LogP contribution in [0.2, 0.25) is 0 Å². The summed E-state index contributed by atoms with van der Waals surface area (Å²) in [6, 6.07) is 0. The molecule has 76 valence electrons. The summed E-state index contributed by atoms with van der Waals surface area (Å²) in [4.78, 5) is 11.1. The van der Waals surface area contributed by atoms with E-state index in [-0.39, 0.29) is 0 Å². The molecule has 1 saturated heterocycles. The normalized spacial score (nSPS) is 17.1. The Balaban J connectivity index is 2.18. The number of rotatable bonds is 1. The third-order valence-corrected chi connectivity index (χ3v) is 3.32. The van der Waals surface area contributed by atoms with Gasteiger partial charge >= 0.3 is 0 Å². The quantitative estimate of drug-likeness (QED) is 0.773. The maximum atomic E-state index is 4.46. The zero-order chi connectivity index (χ0) is 9.97. The average molecular weight is 256 g/mol. The fourth-order valence-electron chi connectivity index (χ4n) is 1.69. The van der Waals surface area contributed by atoms with Crippen LogP contribution in [0.5, 0.6) is 0 Å². The number of nitrogens with zero attached hydrogens (tertiary/aromatic N) is 3. The van der Waals surface area contributed by atoms with Crippen molar-refractivity contribution in [3.8, 4) is 0 Å². The minimum atomic E-state index is 0.880. The summed E-state index contributed by atoms with van der Waals surface area (Å²) in [5, 5.41) is 0. The van der Waals surface area contributed by atoms with E-state index in [2.05, 4.69) is 30.8 Å². The lowest BCUT2D eigenvalue weighted by molar-refractivity contribution is 0.567. The summed E-state index contributed by atoms with van der Waals surface area (Å²) in [7, 11) is 0. The number of piperidine rings is 1. The highest BCUT2D eigenvalue weighted by atomic mass is 79.9. The SMILES string of the molecule is Cc1nc(N2CCCCC2)ncc1Br. The summed E-state index contributed by atoms with van der Waals surface area (Å²) in [6.45, 7) is 4.20. The Hall–Kier alpha value is -0.640. The van der Waals surface area contributed by atoms with Crippen molar-refractivity contribution in [3.05, 3.63) is 16.4 Å². The van der Waals surface area contributed by atoms with Gasteiger partial charge < -0.3 is 4.90 Å². The molecule has 2 heterocycles. The topological polar surface area (TPSA) is 29.0 Å². The summed E-state index contributed by atoms with van der Waals surface area (Å²) < 4.78 is 0.984. The first-order valence-electron chi connectivity index (χ1n) is 5.01. The molecule has 0 aromatic carbocycles. The van der Waals surface area contributed by atoms with Crippen LogP contribution < -0.4 is 4.90 Å². The van der Waals surface area contributed by atoms with E-state index in [0.29, 0.717) is 0 Å². The van der Waals surface area contributed by atoms with Crippen molar-refractivity contribution in [2.45, 2.75) is 26.2 Å². The maximum Gasteiger partial charge on any atom is 0.225 e. The summed E-state index contributed by atoms with van der Waals surface area (Å²) >= 11 is 3.41. The first-order valence-corrected chi connectivity index (χ1v) is 5.81. The number of aryl methyl sites for hydroxylation is 1. The Kier molecular flexibility index (Phi) is 3.01. The van der Waals surface area contributed by atoms with E-state index in [1.54, 1.807) is 0 Å².